The highest BCUT2D eigenvalue weighted by Crippen LogP contribution is 2.41. The normalized spacial score (nSPS) is 12.4. The lowest BCUT2D eigenvalue weighted by atomic mass is 9.96. The summed E-state index contributed by atoms with van der Waals surface area (Å²) in [6.07, 6.45) is 1.40. The van der Waals surface area contributed by atoms with Crippen molar-refractivity contribution in [1.29, 1.82) is 5.26 Å². The van der Waals surface area contributed by atoms with Gasteiger partial charge in [0.15, 0.2) is 11.5 Å². The third-order valence-corrected chi connectivity index (χ3v) is 4.99. The predicted molar refractivity (Wildman–Crippen MR) is 134 cm³/mol. The minimum absolute atomic E-state index is 0.0579. The molecule has 0 saturated carbocycles. The first kappa shape index (κ1) is 27.5. The summed E-state index contributed by atoms with van der Waals surface area (Å²) in [5.41, 5.74) is 7.87. The number of nitriles is 1. The molecule has 9 nitrogen and oxygen atoms in total. The van der Waals surface area contributed by atoms with E-state index in [-0.39, 0.29) is 6.61 Å². The van der Waals surface area contributed by atoms with Crippen LogP contribution in [0.15, 0.2) is 36.4 Å². The molecule has 0 radical (unpaired) electrons. The Balaban J connectivity index is 2.48. The van der Waals surface area contributed by atoms with Gasteiger partial charge in [-0.05, 0) is 61.7 Å². The maximum absolute atomic E-state index is 12.7. The van der Waals surface area contributed by atoms with Crippen molar-refractivity contribution in [2.75, 3.05) is 40.4 Å². The van der Waals surface area contributed by atoms with Crippen LogP contribution in [0.25, 0.3) is 5.57 Å². The zero-order valence-corrected chi connectivity index (χ0v) is 21.2. The number of hydrogen-bond donors (Lipinski definition) is 2. The summed E-state index contributed by atoms with van der Waals surface area (Å²) in [4.78, 5) is 12.7. The molecule has 0 spiro atoms. The molecule has 1 atom stereocenters. The van der Waals surface area contributed by atoms with Gasteiger partial charge in [0.2, 0.25) is 11.7 Å². The summed E-state index contributed by atoms with van der Waals surface area (Å²) in [7, 11) is 6.05. The van der Waals surface area contributed by atoms with E-state index < -0.39 is 17.6 Å². The Morgan fingerprint density at radius 1 is 1.00 bits per heavy atom. The second kappa shape index (κ2) is 12.1. The van der Waals surface area contributed by atoms with Gasteiger partial charge in [0, 0.05) is 6.08 Å². The van der Waals surface area contributed by atoms with Gasteiger partial charge in [-0.3, -0.25) is 4.79 Å². The first-order valence-electron chi connectivity index (χ1n) is 10.9. The summed E-state index contributed by atoms with van der Waals surface area (Å²) in [5.74, 6) is 1.33. The topological polar surface area (TPSA) is 125 Å². The Labute approximate surface area is 206 Å². The summed E-state index contributed by atoms with van der Waals surface area (Å²) in [5, 5.41) is 12.3. The Morgan fingerprint density at radius 2 is 1.60 bits per heavy atom. The molecular formula is C26H33N3O6. The number of nitrogens with two attached hydrogens (primary N) is 1. The average Bonchev–Trinajstić information content (AvgIpc) is 2.84. The molecule has 1 amide bonds. The van der Waals surface area contributed by atoms with Gasteiger partial charge in [0.05, 0.1) is 52.4 Å². The third kappa shape index (κ3) is 7.12. The Hall–Kier alpha value is -3.74. The average molecular weight is 484 g/mol. The predicted octanol–water partition coefficient (Wildman–Crippen LogP) is 3.76. The zero-order chi connectivity index (χ0) is 26.2. The van der Waals surface area contributed by atoms with Crippen molar-refractivity contribution in [3.05, 3.63) is 47.5 Å². The summed E-state index contributed by atoms with van der Waals surface area (Å²) in [6, 6.07) is 9.87. The lowest BCUT2D eigenvalue weighted by Crippen LogP contribution is -2.41. The molecule has 2 aromatic carbocycles. The van der Waals surface area contributed by atoms with E-state index in [4.69, 9.17) is 29.4 Å². The van der Waals surface area contributed by atoms with E-state index in [0.717, 1.165) is 0 Å². The van der Waals surface area contributed by atoms with E-state index in [1.807, 2.05) is 20.8 Å². The molecule has 0 bridgehead atoms. The number of carbonyl (C=O) groups is 1. The van der Waals surface area contributed by atoms with Gasteiger partial charge < -0.3 is 34.7 Å². The van der Waals surface area contributed by atoms with Crippen LogP contribution in [-0.2, 0) is 9.53 Å². The Kier molecular flexibility index (Phi) is 9.51. The standard InChI is InChI=1S/C26H33N3O6/c1-26(2,3)35-15-19(28)25(30)29-20-12-16(8-9-21(20)31-4)18(10-11-27)17-13-22(32-5)24(34-7)23(14-17)33-6/h8-10,12-14,19H,15,28H2,1-7H3,(H,29,30)/b18-10-. The SMILES string of the molecule is COc1ccc(/C(=C/C#N)c2cc(OC)c(OC)c(OC)c2)cc1NC(=O)C(N)COC(C)(C)C. The van der Waals surface area contributed by atoms with Crippen molar-refractivity contribution in [2.24, 2.45) is 5.73 Å². The number of anilines is 1. The highest BCUT2D eigenvalue weighted by Gasteiger charge is 2.21. The van der Waals surface area contributed by atoms with Crippen LogP contribution < -0.4 is 30.0 Å². The second-order valence-corrected chi connectivity index (χ2v) is 8.54. The quantitative estimate of drug-likeness (QED) is 0.490. The van der Waals surface area contributed by atoms with Crippen LogP contribution in [0, 0.1) is 11.3 Å². The molecule has 188 valence electrons. The lowest BCUT2D eigenvalue weighted by molar-refractivity contribution is -0.120. The third-order valence-electron chi connectivity index (χ3n) is 4.99. The van der Waals surface area contributed by atoms with Crippen molar-refractivity contribution >= 4 is 17.2 Å². The molecule has 0 heterocycles. The van der Waals surface area contributed by atoms with Crippen LogP contribution in [-0.4, -0.2) is 52.6 Å². The smallest absolute Gasteiger partial charge is 0.243 e. The summed E-state index contributed by atoms with van der Waals surface area (Å²) < 4.78 is 27.3. The largest absolute Gasteiger partial charge is 0.495 e. The minimum Gasteiger partial charge on any atom is -0.495 e. The van der Waals surface area contributed by atoms with Crippen LogP contribution in [0.2, 0.25) is 0 Å². The van der Waals surface area contributed by atoms with E-state index >= 15 is 0 Å². The second-order valence-electron chi connectivity index (χ2n) is 8.54. The number of hydrogen-bond acceptors (Lipinski definition) is 8. The Bertz CT molecular complexity index is 1090. The fourth-order valence-electron chi connectivity index (χ4n) is 3.25. The number of methoxy groups -OCH3 is 4. The number of benzene rings is 2. The number of allylic oxidation sites excluding steroid dienone is 1. The molecule has 2 aromatic rings. The summed E-state index contributed by atoms with van der Waals surface area (Å²) >= 11 is 0. The summed E-state index contributed by atoms with van der Waals surface area (Å²) in [6.45, 7) is 5.71. The number of carbonyl (C=O) groups excluding carboxylic acids is 1. The highest BCUT2D eigenvalue weighted by molar-refractivity contribution is 5.97. The number of rotatable bonds is 10. The number of nitrogens with zero attached hydrogens (tertiary/aromatic N) is 1. The maximum Gasteiger partial charge on any atom is 0.243 e. The first-order valence-corrected chi connectivity index (χ1v) is 10.9. The van der Waals surface area contributed by atoms with Gasteiger partial charge in [-0.25, -0.2) is 0 Å². The fraction of sp³-hybridized carbons (Fsp3) is 0.385. The lowest BCUT2D eigenvalue weighted by Gasteiger charge is -2.22. The molecule has 0 fully saturated rings. The molecule has 0 aliphatic carbocycles. The van der Waals surface area contributed by atoms with Crippen LogP contribution in [0.1, 0.15) is 31.9 Å². The van der Waals surface area contributed by atoms with Gasteiger partial charge in [-0.2, -0.15) is 5.26 Å². The number of amides is 1. The van der Waals surface area contributed by atoms with Gasteiger partial charge in [0.25, 0.3) is 0 Å². The minimum atomic E-state index is -0.883. The zero-order valence-electron chi connectivity index (χ0n) is 21.2. The molecule has 9 heteroatoms. The van der Waals surface area contributed by atoms with E-state index in [1.54, 1.807) is 30.3 Å². The number of ether oxygens (including phenoxy) is 5. The van der Waals surface area contributed by atoms with Crippen molar-refractivity contribution in [3.8, 4) is 29.1 Å². The van der Waals surface area contributed by atoms with Crippen molar-refractivity contribution in [1.82, 2.24) is 0 Å². The molecular weight excluding hydrogens is 450 g/mol. The molecule has 0 aliphatic heterocycles. The highest BCUT2D eigenvalue weighted by atomic mass is 16.5. The molecule has 3 N–H and O–H groups in total. The van der Waals surface area contributed by atoms with Crippen LogP contribution >= 0.6 is 0 Å². The molecule has 0 saturated heterocycles. The molecule has 2 rings (SSSR count). The van der Waals surface area contributed by atoms with E-state index in [9.17, 15) is 10.1 Å². The molecule has 0 aliphatic rings. The first-order chi connectivity index (χ1) is 16.6. The van der Waals surface area contributed by atoms with Crippen molar-refractivity contribution in [3.63, 3.8) is 0 Å². The Morgan fingerprint density at radius 3 is 2.09 bits per heavy atom. The molecule has 0 aromatic heterocycles. The molecule has 1 unspecified atom stereocenters. The van der Waals surface area contributed by atoms with E-state index in [2.05, 4.69) is 11.4 Å². The van der Waals surface area contributed by atoms with Crippen LogP contribution in [0.3, 0.4) is 0 Å². The van der Waals surface area contributed by atoms with Crippen LogP contribution in [0.4, 0.5) is 5.69 Å². The van der Waals surface area contributed by atoms with E-state index in [1.165, 1.54) is 34.5 Å². The molecule has 35 heavy (non-hydrogen) atoms. The monoisotopic (exact) mass is 483 g/mol. The number of nitrogens with one attached hydrogen (secondary N) is 1. The van der Waals surface area contributed by atoms with Crippen LogP contribution in [0.5, 0.6) is 23.0 Å². The van der Waals surface area contributed by atoms with Gasteiger partial charge in [-0.15, -0.1) is 0 Å². The van der Waals surface area contributed by atoms with Crippen molar-refractivity contribution in [2.45, 2.75) is 32.4 Å². The van der Waals surface area contributed by atoms with Crippen molar-refractivity contribution < 1.29 is 28.5 Å². The van der Waals surface area contributed by atoms with Gasteiger partial charge in [0.1, 0.15) is 11.8 Å². The van der Waals surface area contributed by atoms with E-state index in [0.29, 0.717) is 45.4 Å². The van der Waals surface area contributed by atoms with Gasteiger partial charge >= 0.3 is 0 Å². The fourth-order valence-corrected chi connectivity index (χ4v) is 3.25. The van der Waals surface area contributed by atoms with Gasteiger partial charge in [-0.1, -0.05) is 6.07 Å². The maximum atomic E-state index is 12.7.